The minimum absolute atomic E-state index is 0.155. The summed E-state index contributed by atoms with van der Waals surface area (Å²) in [5.41, 5.74) is 3.25. The summed E-state index contributed by atoms with van der Waals surface area (Å²) in [6, 6.07) is 20.6. The summed E-state index contributed by atoms with van der Waals surface area (Å²) in [5.74, 6) is 0. The monoisotopic (exact) mass is 249 g/mol. The van der Waals surface area contributed by atoms with Gasteiger partial charge in [-0.2, -0.15) is 5.26 Å². The third kappa shape index (κ3) is 2.38. The molecule has 2 aromatic rings. The average molecular weight is 249 g/mol. The van der Waals surface area contributed by atoms with Crippen LogP contribution in [0.5, 0.6) is 0 Å². The first-order chi connectivity index (χ1) is 9.36. The lowest BCUT2D eigenvalue weighted by Gasteiger charge is -2.18. The summed E-state index contributed by atoms with van der Waals surface area (Å²) in [6.45, 7) is 0. The Morgan fingerprint density at radius 1 is 0.895 bits per heavy atom. The van der Waals surface area contributed by atoms with Gasteiger partial charge in [-0.3, -0.25) is 0 Å². The zero-order valence-electron chi connectivity index (χ0n) is 10.5. The molecule has 2 atom stereocenters. The van der Waals surface area contributed by atoms with E-state index >= 15 is 0 Å². The normalized spacial score (nSPS) is 21.2. The SMILES string of the molecule is N#CC1CC(c2ccccc2)Nc2ccccc2N1. The molecular formula is C16H15N3. The second-order valence-electron chi connectivity index (χ2n) is 4.71. The number of benzene rings is 2. The molecule has 0 radical (unpaired) electrons. The van der Waals surface area contributed by atoms with Crippen LogP contribution in [0.25, 0.3) is 0 Å². The van der Waals surface area contributed by atoms with E-state index in [0.29, 0.717) is 0 Å². The first-order valence-electron chi connectivity index (χ1n) is 6.43. The number of para-hydroxylation sites is 2. The van der Waals surface area contributed by atoms with Crippen molar-refractivity contribution in [2.45, 2.75) is 18.5 Å². The third-order valence-corrected chi connectivity index (χ3v) is 3.42. The van der Waals surface area contributed by atoms with Crippen LogP contribution in [0.3, 0.4) is 0 Å². The van der Waals surface area contributed by atoms with Gasteiger partial charge in [-0.1, -0.05) is 42.5 Å². The van der Waals surface area contributed by atoms with Gasteiger partial charge < -0.3 is 10.6 Å². The number of nitrogens with zero attached hydrogens (tertiary/aromatic N) is 1. The predicted octanol–water partition coefficient (Wildman–Crippen LogP) is 3.55. The van der Waals surface area contributed by atoms with Gasteiger partial charge in [-0.05, 0) is 17.7 Å². The topological polar surface area (TPSA) is 47.9 Å². The lowest BCUT2D eigenvalue weighted by atomic mass is 10.0. The molecule has 1 aliphatic heterocycles. The zero-order chi connectivity index (χ0) is 13.1. The number of anilines is 2. The van der Waals surface area contributed by atoms with Crippen LogP contribution in [0.15, 0.2) is 54.6 Å². The molecular weight excluding hydrogens is 234 g/mol. The van der Waals surface area contributed by atoms with Crippen molar-refractivity contribution in [3.63, 3.8) is 0 Å². The van der Waals surface area contributed by atoms with Gasteiger partial charge in [-0.25, -0.2) is 0 Å². The van der Waals surface area contributed by atoms with Crippen LogP contribution >= 0.6 is 0 Å². The van der Waals surface area contributed by atoms with E-state index in [4.69, 9.17) is 0 Å². The van der Waals surface area contributed by atoms with Gasteiger partial charge in [0.15, 0.2) is 0 Å². The molecule has 0 bridgehead atoms. The molecule has 0 aromatic heterocycles. The number of hydrogen-bond acceptors (Lipinski definition) is 3. The lowest BCUT2D eigenvalue weighted by molar-refractivity contribution is 0.675. The Morgan fingerprint density at radius 2 is 1.53 bits per heavy atom. The van der Waals surface area contributed by atoms with Crippen molar-refractivity contribution in [1.82, 2.24) is 0 Å². The molecule has 94 valence electrons. The van der Waals surface area contributed by atoms with Crippen molar-refractivity contribution in [2.24, 2.45) is 0 Å². The smallest absolute Gasteiger partial charge is 0.116 e. The molecule has 3 nitrogen and oxygen atoms in total. The van der Waals surface area contributed by atoms with Crippen LogP contribution in [-0.4, -0.2) is 6.04 Å². The maximum absolute atomic E-state index is 9.27. The predicted molar refractivity (Wildman–Crippen MR) is 76.9 cm³/mol. The minimum atomic E-state index is -0.179. The Labute approximate surface area is 112 Å². The van der Waals surface area contributed by atoms with E-state index in [2.05, 4.69) is 28.8 Å². The summed E-state index contributed by atoms with van der Waals surface area (Å²) in [6.07, 6.45) is 0.745. The maximum atomic E-state index is 9.27. The highest BCUT2D eigenvalue weighted by Gasteiger charge is 2.22. The van der Waals surface area contributed by atoms with Crippen molar-refractivity contribution in [1.29, 1.82) is 5.26 Å². The Hall–Kier alpha value is -2.47. The fourth-order valence-electron chi connectivity index (χ4n) is 2.45. The first-order valence-corrected chi connectivity index (χ1v) is 6.43. The number of hydrogen-bond donors (Lipinski definition) is 2. The number of nitriles is 1. The van der Waals surface area contributed by atoms with E-state index < -0.39 is 0 Å². The van der Waals surface area contributed by atoms with E-state index in [1.807, 2.05) is 42.5 Å². The molecule has 1 aliphatic rings. The summed E-state index contributed by atoms with van der Waals surface area (Å²) in [4.78, 5) is 0. The van der Waals surface area contributed by atoms with Crippen LogP contribution < -0.4 is 10.6 Å². The molecule has 0 amide bonds. The van der Waals surface area contributed by atoms with Crippen LogP contribution in [0, 0.1) is 11.3 Å². The average Bonchev–Trinajstić information content (AvgIpc) is 2.67. The molecule has 2 aromatic carbocycles. The van der Waals surface area contributed by atoms with E-state index in [1.54, 1.807) is 0 Å². The highest BCUT2D eigenvalue weighted by Crippen LogP contribution is 2.33. The molecule has 0 saturated heterocycles. The summed E-state index contributed by atoms with van der Waals surface area (Å²) >= 11 is 0. The molecule has 0 saturated carbocycles. The van der Waals surface area contributed by atoms with Crippen molar-refractivity contribution in [2.75, 3.05) is 10.6 Å². The molecule has 1 heterocycles. The van der Waals surface area contributed by atoms with Gasteiger partial charge in [-0.15, -0.1) is 0 Å². The van der Waals surface area contributed by atoms with Crippen LogP contribution in [-0.2, 0) is 0 Å². The molecule has 19 heavy (non-hydrogen) atoms. The standard InChI is InChI=1S/C16H15N3/c17-11-13-10-16(12-6-2-1-3-7-12)19-15-9-5-4-8-14(15)18-13/h1-9,13,16,18-19H,10H2. The molecule has 0 spiro atoms. The molecule has 0 aliphatic carbocycles. The minimum Gasteiger partial charge on any atom is -0.376 e. The maximum Gasteiger partial charge on any atom is 0.116 e. The van der Waals surface area contributed by atoms with Gasteiger partial charge in [0, 0.05) is 6.42 Å². The highest BCUT2D eigenvalue weighted by molar-refractivity contribution is 5.71. The third-order valence-electron chi connectivity index (χ3n) is 3.42. The van der Waals surface area contributed by atoms with Crippen molar-refractivity contribution < 1.29 is 0 Å². The Kier molecular flexibility index (Phi) is 3.07. The second kappa shape index (κ2) is 5.03. The summed E-state index contributed by atoms with van der Waals surface area (Å²) in [5, 5.41) is 16.1. The van der Waals surface area contributed by atoms with Gasteiger partial charge >= 0.3 is 0 Å². The van der Waals surface area contributed by atoms with Crippen molar-refractivity contribution in [3.8, 4) is 6.07 Å². The van der Waals surface area contributed by atoms with Gasteiger partial charge in [0.1, 0.15) is 6.04 Å². The van der Waals surface area contributed by atoms with Gasteiger partial charge in [0.25, 0.3) is 0 Å². The van der Waals surface area contributed by atoms with Crippen LogP contribution in [0.4, 0.5) is 11.4 Å². The van der Waals surface area contributed by atoms with E-state index in [-0.39, 0.29) is 12.1 Å². The second-order valence-corrected chi connectivity index (χ2v) is 4.71. The lowest BCUT2D eigenvalue weighted by Crippen LogP contribution is -2.19. The molecule has 3 heteroatoms. The first kappa shape index (κ1) is 11.6. The van der Waals surface area contributed by atoms with Crippen LogP contribution in [0.2, 0.25) is 0 Å². The fraction of sp³-hybridized carbons (Fsp3) is 0.188. The summed E-state index contributed by atoms with van der Waals surface area (Å²) < 4.78 is 0. The molecule has 3 rings (SSSR count). The number of rotatable bonds is 1. The molecule has 0 fully saturated rings. The van der Waals surface area contributed by atoms with Crippen molar-refractivity contribution >= 4 is 11.4 Å². The quantitative estimate of drug-likeness (QED) is 0.812. The Balaban J connectivity index is 1.97. The molecule has 2 N–H and O–H groups in total. The van der Waals surface area contributed by atoms with Gasteiger partial charge in [0.05, 0.1) is 23.5 Å². The van der Waals surface area contributed by atoms with E-state index in [9.17, 15) is 5.26 Å². The number of nitrogens with one attached hydrogen (secondary N) is 2. The fourth-order valence-corrected chi connectivity index (χ4v) is 2.45. The molecule has 2 unspecified atom stereocenters. The van der Waals surface area contributed by atoms with E-state index in [1.165, 1.54) is 5.56 Å². The number of fused-ring (bicyclic) bond motifs is 1. The Morgan fingerprint density at radius 3 is 2.21 bits per heavy atom. The Bertz CT molecular complexity index is 601. The zero-order valence-corrected chi connectivity index (χ0v) is 10.5. The van der Waals surface area contributed by atoms with E-state index in [0.717, 1.165) is 17.8 Å². The largest absolute Gasteiger partial charge is 0.376 e. The van der Waals surface area contributed by atoms with Gasteiger partial charge in [0.2, 0.25) is 0 Å². The van der Waals surface area contributed by atoms with Crippen molar-refractivity contribution in [3.05, 3.63) is 60.2 Å². The summed E-state index contributed by atoms with van der Waals surface area (Å²) in [7, 11) is 0. The van der Waals surface area contributed by atoms with Crippen LogP contribution in [0.1, 0.15) is 18.0 Å². The highest BCUT2D eigenvalue weighted by atomic mass is 15.0.